The van der Waals surface area contributed by atoms with Crippen LogP contribution >= 0.6 is 11.6 Å². The average molecular weight is 287 g/mol. The van der Waals surface area contributed by atoms with E-state index in [0.717, 1.165) is 17.0 Å². The Morgan fingerprint density at radius 3 is 2.80 bits per heavy atom. The summed E-state index contributed by atoms with van der Waals surface area (Å²) in [6.45, 7) is 3.20. The molecular formula is C16H15ClN2O. The molecule has 0 aromatic heterocycles. The monoisotopic (exact) mass is 286 g/mol. The molecule has 1 N–H and O–H groups in total. The molecule has 0 amide bonds. The molecule has 2 aromatic rings. The van der Waals surface area contributed by atoms with Crippen LogP contribution in [0.15, 0.2) is 42.5 Å². The van der Waals surface area contributed by atoms with Crippen molar-refractivity contribution in [3.05, 3.63) is 58.6 Å². The molecule has 0 spiro atoms. The zero-order valence-corrected chi connectivity index (χ0v) is 11.9. The number of ether oxygens (including phenoxy) is 1. The number of nitrogens with one attached hydrogen (secondary N) is 1. The van der Waals surface area contributed by atoms with Crippen molar-refractivity contribution in [3.63, 3.8) is 0 Å². The smallest absolute Gasteiger partial charge is 0.119 e. The molecule has 2 aromatic carbocycles. The van der Waals surface area contributed by atoms with Crippen LogP contribution in [0.3, 0.4) is 0 Å². The van der Waals surface area contributed by atoms with E-state index in [1.54, 1.807) is 6.07 Å². The van der Waals surface area contributed by atoms with Crippen molar-refractivity contribution >= 4 is 17.3 Å². The van der Waals surface area contributed by atoms with Crippen molar-refractivity contribution in [2.45, 2.75) is 13.5 Å². The first-order chi connectivity index (χ1) is 9.74. The minimum atomic E-state index is 0.459. The summed E-state index contributed by atoms with van der Waals surface area (Å²) in [5.41, 5.74) is 2.29. The van der Waals surface area contributed by atoms with Gasteiger partial charge in [-0.25, -0.2) is 0 Å². The van der Waals surface area contributed by atoms with Crippen molar-refractivity contribution in [1.82, 2.24) is 0 Å². The number of benzene rings is 2. The lowest BCUT2D eigenvalue weighted by Gasteiger charge is -2.10. The van der Waals surface area contributed by atoms with Gasteiger partial charge in [0.15, 0.2) is 0 Å². The average Bonchev–Trinajstić information content (AvgIpc) is 2.46. The van der Waals surface area contributed by atoms with Gasteiger partial charge in [-0.1, -0.05) is 29.8 Å². The lowest BCUT2D eigenvalue weighted by Crippen LogP contribution is -2.02. The van der Waals surface area contributed by atoms with Crippen LogP contribution in [-0.2, 0) is 6.54 Å². The Kier molecular flexibility index (Phi) is 4.86. The molecule has 0 aliphatic rings. The summed E-state index contributed by atoms with van der Waals surface area (Å²) < 4.78 is 5.46. The zero-order chi connectivity index (χ0) is 14.4. The van der Waals surface area contributed by atoms with Crippen molar-refractivity contribution < 1.29 is 4.74 Å². The number of nitriles is 1. The van der Waals surface area contributed by atoms with E-state index in [1.165, 1.54) is 0 Å². The number of halogens is 1. The van der Waals surface area contributed by atoms with Gasteiger partial charge in [0.2, 0.25) is 0 Å². The third-order valence-corrected chi connectivity index (χ3v) is 3.13. The van der Waals surface area contributed by atoms with Crippen LogP contribution in [0.4, 0.5) is 5.69 Å². The highest BCUT2D eigenvalue weighted by Gasteiger charge is 2.06. The second-order valence-electron chi connectivity index (χ2n) is 4.21. The van der Waals surface area contributed by atoms with Gasteiger partial charge >= 0.3 is 0 Å². The van der Waals surface area contributed by atoms with E-state index in [0.29, 0.717) is 23.7 Å². The van der Waals surface area contributed by atoms with E-state index in [9.17, 15) is 0 Å². The molecule has 0 radical (unpaired) electrons. The van der Waals surface area contributed by atoms with Gasteiger partial charge in [-0.3, -0.25) is 0 Å². The van der Waals surface area contributed by atoms with Gasteiger partial charge in [0, 0.05) is 6.54 Å². The van der Waals surface area contributed by atoms with E-state index in [-0.39, 0.29) is 0 Å². The summed E-state index contributed by atoms with van der Waals surface area (Å²) in [5.74, 6) is 0.846. The van der Waals surface area contributed by atoms with Crippen LogP contribution < -0.4 is 10.1 Å². The maximum Gasteiger partial charge on any atom is 0.119 e. The molecule has 0 fully saturated rings. The second kappa shape index (κ2) is 6.83. The summed E-state index contributed by atoms with van der Waals surface area (Å²) in [6.07, 6.45) is 0. The van der Waals surface area contributed by atoms with Gasteiger partial charge in [0.05, 0.1) is 22.9 Å². The van der Waals surface area contributed by atoms with Crippen LogP contribution in [0.5, 0.6) is 5.75 Å². The second-order valence-corrected chi connectivity index (χ2v) is 4.62. The molecule has 0 aliphatic carbocycles. The molecule has 102 valence electrons. The van der Waals surface area contributed by atoms with Gasteiger partial charge in [-0.15, -0.1) is 0 Å². The standard InChI is InChI=1S/C16H15ClN2O/c1-2-20-13-6-3-5-12(9-13)11-19-16-8-4-7-15(17)14(16)10-18/h3-9,19H,2,11H2,1H3. The minimum Gasteiger partial charge on any atom is -0.494 e. The molecule has 0 saturated carbocycles. The van der Waals surface area contributed by atoms with E-state index in [1.807, 2.05) is 43.3 Å². The Morgan fingerprint density at radius 2 is 2.05 bits per heavy atom. The summed E-state index contributed by atoms with van der Waals surface area (Å²) in [7, 11) is 0. The highest BCUT2D eigenvalue weighted by molar-refractivity contribution is 6.32. The minimum absolute atomic E-state index is 0.459. The lowest BCUT2D eigenvalue weighted by molar-refractivity contribution is 0.340. The normalized spacial score (nSPS) is 9.85. The largest absolute Gasteiger partial charge is 0.494 e. The number of hydrogen-bond donors (Lipinski definition) is 1. The number of rotatable bonds is 5. The number of nitrogens with zero attached hydrogens (tertiary/aromatic N) is 1. The third-order valence-electron chi connectivity index (χ3n) is 2.82. The first kappa shape index (κ1) is 14.2. The molecule has 3 nitrogen and oxygen atoms in total. The van der Waals surface area contributed by atoms with E-state index in [2.05, 4.69) is 11.4 Å². The lowest BCUT2D eigenvalue weighted by atomic mass is 10.1. The van der Waals surface area contributed by atoms with Crippen LogP contribution in [0.25, 0.3) is 0 Å². The Bertz CT molecular complexity index is 635. The molecule has 0 unspecified atom stereocenters. The van der Waals surface area contributed by atoms with E-state index in [4.69, 9.17) is 21.6 Å². The fourth-order valence-electron chi connectivity index (χ4n) is 1.89. The van der Waals surface area contributed by atoms with Gasteiger partial charge in [0.1, 0.15) is 11.8 Å². The first-order valence-corrected chi connectivity index (χ1v) is 6.76. The Labute approximate surface area is 123 Å². The molecule has 0 bridgehead atoms. The first-order valence-electron chi connectivity index (χ1n) is 6.38. The van der Waals surface area contributed by atoms with Gasteiger partial charge in [0.25, 0.3) is 0 Å². The maximum atomic E-state index is 9.12. The summed E-state index contributed by atoms with van der Waals surface area (Å²) in [5, 5.41) is 12.8. The van der Waals surface area contributed by atoms with Crippen molar-refractivity contribution in [2.24, 2.45) is 0 Å². The number of hydrogen-bond acceptors (Lipinski definition) is 3. The van der Waals surface area contributed by atoms with Gasteiger partial charge in [-0.05, 0) is 36.8 Å². The molecule has 0 aliphatic heterocycles. The third kappa shape index (κ3) is 3.43. The van der Waals surface area contributed by atoms with Crippen LogP contribution in [-0.4, -0.2) is 6.61 Å². The molecule has 0 heterocycles. The number of anilines is 1. The molecule has 2 rings (SSSR count). The topological polar surface area (TPSA) is 45.0 Å². The Hall–Kier alpha value is -2.18. The highest BCUT2D eigenvalue weighted by Crippen LogP contribution is 2.24. The maximum absolute atomic E-state index is 9.12. The summed E-state index contributed by atoms with van der Waals surface area (Å²) in [6, 6.07) is 15.3. The fourth-order valence-corrected chi connectivity index (χ4v) is 2.11. The summed E-state index contributed by atoms with van der Waals surface area (Å²) >= 11 is 6.00. The molecule has 0 saturated heterocycles. The van der Waals surface area contributed by atoms with Crippen molar-refractivity contribution in [2.75, 3.05) is 11.9 Å². The summed E-state index contributed by atoms with van der Waals surface area (Å²) in [4.78, 5) is 0. The predicted octanol–water partition coefficient (Wildman–Crippen LogP) is 4.22. The quantitative estimate of drug-likeness (QED) is 0.895. The fraction of sp³-hybridized carbons (Fsp3) is 0.188. The van der Waals surface area contributed by atoms with Gasteiger partial charge in [-0.2, -0.15) is 5.26 Å². The van der Waals surface area contributed by atoms with Crippen LogP contribution in [0.2, 0.25) is 5.02 Å². The molecule has 20 heavy (non-hydrogen) atoms. The zero-order valence-electron chi connectivity index (χ0n) is 11.2. The molecule has 4 heteroatoms. The molecular weight excluding hydrogens is 272 g/mol. The van der Waals surface area contributed by atoms with Crippen LogP contribution in [0, 0.1) is 11.3 Å². The van der Waals surface area contributed by atoms with E-state index < -0.39 is 0 Å². The van der Waals surface area contributed by atoms with E-state index >= 15 is 0 Å². The highest BCUT2D eigenvalue weighted by atomic mass is 35.5. The predicted molar refractivity (Wildman–Crippen MR) is 81.1 cm³/mol. The Morgan fingerprint density at radius 1 is 1.25 bits per heavy atom. The van der Waals surface area contributed by atoms with Crippen molar-refractivity contribution in [1.29, 1.82) is 5.26 Å². The Balaban J connectivity index is 2.11. The van der Waals surface area contributed by atoms with Crippen LogP contribution in [0.1, 0.15) is 18.1 Å². The SMILES string of the molecule is CCOc1cccc(CNc2cccc(Cl)c2C#N)c1. The molecule has 0 atom stereocenters. The van der Waals surface area contributed by atoms with Gasteiger partial charge < -0.3 is 10.1 Å². The van der Waals surface area contributed by atoms with Crippen molar-refractivity contribution in [3.8, 4) is 11.8 Å².